The maximum atomic E-state index is 12.9. The predicted molar refractivity (Wildman–Crippen MR) is 142 cm³/mol. The summed E-state index contributed by atoms with van der Waals surface area (Å²) < 4.78 is 48.2. The van der Waals surface area contributed by atoms with Crippen LogP contribution in [0, 0.1) is 5.92 Å². The molecule has 0 N–H and O–H groups in total. The molecule has 1 aromatic heterocycles. The Kier molecular flexibility index (Phi) is 7.44. The Morgan fingerprint density at radius 1 is 1.14 bits per heavy atom. The average Bonchev–Trinajstić information content (AvgIpc) is 3.36. The zero-order chi connectivity index (χ0) is 26.2. The number of hydrogen-bond acceptors (Lipinski definition) is 8. The molecule has 4 heterocycles. The number of likely N-dealkylation sites (tertiary alicyclic amines) is 1. The molecule has 0 aliphatic carbocycles. The Hall–Kier alpha value is -2.66. The van der Waals surface area contributed by atoms with E-state index in [2.05, 4.69) is 9.88 Å². The summed E-state index contributed by atoms with van der Waals surface area (Å²) in [7, 11) is -4.13. The number of ether oxygens (including phenoxy) is 2. The molecule has 0 saturated carbocycles. The van der Waals surface area contributed by atoms with Gasteiger partial charge in [0, 0.05) is 36.4 Å². The fourth-order valence-corrected chi connectivity index (χ4v) is 7.53. The van der Waals surface area contributed by atoms with Crippen molar-refractivity contribution in [3.8, 4) is 11.5 Å². The van der Waals surface area contributed by atoms with Crippen molar-refractivity contribution in [1.82, 2.24) is 9.88 Å². The van der Waals surface area contributed by atoms with E-state index in [0.29, 0.717) is 49.7 Å². The van der Waals surface area contributed by atoms with E-state index in [1.165, 1.54) is 0 Å². The summed E-state index contributed by atoms with van der Waals surface area (Å²) >= 11 is 0. The van der Waals surface area contributed by atoms with Crippen LogP contribution in [0.1, 0.15) is 33.1 Å². The Morgan fingerprint density at radius 3 is 2.68 bits per heavy atom. The zero-order valence-electron chi connectivity index (χ0n) is 21.2. The van der Waals surface area contributed by atoms with Gasteiger partial charge in [0.1, 0.15) is 34.0 Å². The number of hydrogen-bond donors (Lipinski definition) is 0. The van der Waals surface area contributed by atoms with E-state index in [0.717, 1.165) is 23.5 Å². The van der Waals surface area contributed by atoms with Gasteiger partial charge in [-0.1, -0.05) is 13.8 Å². The van der Waals surface area contributed by atoms with Crippen molar-refractivity contribution in [3.05, 3.63) is 36.7 Å². The summed E-state index contributed by atoms with van der Waals surface area (Å²) in [5.74, 6) is 1.44. The van der Waals surface area contributed by atoms with Crippen molar-refractivity contribution in [2.75, 3.05) is 42.6 Å². The summed E-state index contributed by atoms with van der Waals surface area (Å²) in [5, 5.41) is -0.00182. The van der Waals surface area contributed by atoms with Crippen molar-refractivity contribution in [2.24, 2.45) is 5.92 Å². The number of carbonyl (C=O) groups is 1. The van der Waals surface area contributed by atoms with Crippen LogP contribution >= 0.6 is 0 Å². The van der Waals surface area contributed by atoms with Gasteiger partial charge in [0.2, 0.25) is 5.91 Å². The van der Waals surface area contributed by atoms with Crippen LogP contribution in [0.5, 0.6) is 11.5 Å². The number of benzene rings is 1. The molecule has 0 spiro atoms. The van der Waals surface area contributed by atoms with Crippen molar-refractivity contribution >= 4 is 37.9 Å². The van der Waals surface area contributed by atoms with Gasteiger partial charge in [0.25, 0.3) is 0 Å². The first-order valence-corrected chi connectivity index (χ1v) is 15.8. The molecule has 1 amide bonds. The van der Waals surface area contributed by atoms with E-state index >= 15 is 0 Å². The molecule has 11 heteroatoms. The average molecular weight is 548 g/mol. The number of carbonyl (C=O) groups excluding carboxylic acids is 1. The molecule has 1 unspecified atom stereocenters. The van der Waals surface area contributed by atoms with Gasteiger partial charge in [-0.25, -0.2) is 8.42 Å². The molecule has 0 bridgehead atoms. The molecule has 2 atom stereocenters. The number of amides is 1. The quantitative estimate of drug-likeness (QED) is 0.544. The Labute approximate surface area is 220 Å². The van der Waals surface area contributed by atoms with Crippen LogP contribution in [-0.4, -0.2) is 77.5 Å². The molecule has 2 aromatic rings. The van der Waals surface area contributed by atoms with E-state index in [9.17, 15) is 17.4 Å². The monoisotopic (exact) mass is 547 g/mol. The van der Waals surface area contributed by atoms with Crippen molar-refractivity contribution in [2.45, 2.75) is 49.4 Å². The second kappa shape index (κ2) is 10.6. The molecule has 9 nitrogen and oxygen atoms in total. The van der Waals surface area contributed by atoms with Gasteiger partial charge in [-0.3, -0.25) is 14.0 Å². The lowest BCUT2D eigenvalue weighted by atomic mass is 10.0. The number of aromatic nitrogens is 1. The minimum Gasteiger partial charge on any atom is -0.490 e. The minimum atomic E-state index is -3.00. The van der Waals surface area contributed by atoms with Gasteiger partial charge in [-0.05, 0) is 31.0 Å². The van der Waals surface area contributed by atoms with E-state index in [1.54, 1.807) is 12.4 Å². The van der Waals surface area contributed by atoms with E-state index in [1.807, 2.05) is 43.0 Å². The first-order valence-electron chi connectivity index (χ1n) is 12.8. The lowest BCUT2D eigenvalue weighted by molar-refractivity contribution is -0.135. The molecule has 0 radical (unpaired) electrons. The summed E-state index contributed by atoms with van der Waals surface area (Å²) in [5.41, 5.74) is 1.70. The third kappa shape index (κ3) is 5.77. The SMILES string of the molecule is CC(C)S(=O)c1cncc(N2CCOc3ccc(O[C@H]4CCN(C(=O)C5CCS(=O)(=O)CC5)C4)cc32)c1. The highest BCUT2D eigenvalue weighted by atomic mass is 32.2. The van der Waals surface area contributed by atoms with Crippen molar-refractivity contribution < 1.29 is 26.9 Å². The standard InChI is InChI=1S/C26H33N3O6S2/c1-18(2)36(31)23-13-20(15-27-16-23)29-9-10-34-25-4-3-21(14-24(25)29)35-22-5-8-28(17-22)26(30)19-6-11-37(32,33)12-7-19/h3-4,13-16,18-19,22H,5-12,17H2,1-2H3/t22-,36?/m0/s1. The predicted octanol–water partition coefficient (Wildman–Crippen LogP) is 2.93. The highest BCUT2D eigenvalue weighted by molar-refractivity contribution is 7.91. The molecule has 2 fully saturated rings. The van der Waals surface area contributed by atoms with E-state index < -0.39 is 20.6 Å². The van der Waals surface area contributed by atoms with Crippen LogP contribution in [0.2, 0.25) is 0 Å². The summed E-state index contributed by atoms with van der Waals surface area (Å²) in [6.07, 6.45) is 4.82. The molecule has 3 aliphatic heterocycles. The topological polar surface area (TPSA) is 106 Å². The summed E-state index contributed by atoms with van der Waals surface area (Å²) in [6.45, 7) is 6.10. The second-order valence-electron chi connectivity index (χ2n) is 10.1. The van der Waals surface area contributed by atoms with Crippen molar-refractivity contribution in [3.63, 3.8) is 0 Å². The van der Waals surface area contributed by atoms with Gasteiger partial charge in [0.05, 0.1) is 57.9 Å². The van der Waals surface area contributed by atoms with E-state index in [4.69, 9.17) is 9.47 Å². The maximum absolute atomic E-state index is 12.9. The van der Waals surface area contributed by atoms with E-state index in [-0.39, 0.29) is 34.7 Å². The fraction of sp³-hybridized carbons (Fsp3) is 0.538. The van der Waals surface area contributed by atoms with Crippen LogP contribution in [-0.2, 0) is 25.4 Å². The number of fused-ring (bicyclic) bond motifs is 1. The van der Waals surface area contributed by atoms with Gasteiger partial charge < -0.3 is 19.3 Å². The van der Waals surface area contributed by atoms with Gasteiger partial charge in [-0.2, -0.15) is 0 Å². The molecule has 3 aliphatic rings. The normalized spacial score (nSPS) is 22.4. The van der Waals surface area contributed by atoms with Crippen LogP contribution in [0.15, 0.2) is 41.6 Å². The number of sulfone groups is 1. The zero-order valence-corrected chi connectivity index (χ0v) is 22.8. The first-order chi connectivity index (χ1) is 17.7. The molecule has 200 valence electrons. The highest BCUT2D eigenvalue weighted by Crippen LogP contribution is 2.40. The van der Waals surface area contributed by atoms with Crippen LogP contribution in [0.4, 0.5) is 11.4 Å². The second-order valence-corrected chi connectivity index (χ2v) is 14.4. The largest absolute Gasteiger partial charge is 0.490 e. The van der Waals surface area contributed by atoms with Gasteiger partial charge >= 0.3 is 0 Å². The number of anilines is 2. The molecule has 5 rings (SSSR count). The highest BCUT2D eigenvalue weighted by Gasteiger charge is 2.35. The Morgan fingerprint density at radius 2 is 1.92 bits per heavy atom. The summed E-state index contributed by atoms with van der Waals surface area (Å²) in [6, 6.07) is 7.63. The number of nitrogens with zero attached hydrogens (tertiary/aromatic N) is 3. The summed E-state index contributed by atoms with van der Waals surface area (Å²) in [4.78, 5) is 21.9. The molecule has 1 aromatic carbocycles. The minimum absolute atomic E-state index is 0.00182. The molecular formula is C26H33N3O6S2. The smallest absolute Gasteiger partial charge is 0.225 e. The molecular weight excluding hydrogens is 514 g/mol. The maximum Gasteiger partial charge on any atom is 0.225 e. The van der Waals surface area contributed by atoms with Gasteiger partial charge in [0.15, 0.2) is 0 Å². The van der Waals surface area contributed by atoms with Crippen LogP contribution in [0.25, 0.3) is 0 Å². The van der Waals surface area contributed by atoms with Crippen molar-refractivity contribution in [1.29, 1.82) is 0 Å². The molecule has 37 heavy (non-hydrogen) atoms. The fourth-order valence-electron chi connectivity index (χ4n) is 5.09. The first kappa shape index (κ1) is 26.0. The third-order valence-electron chi connectivity index (χ3n) is 7.13. The number of rotatable bonds is 6. The lowest BCUT2D eigenvalue weighted by Crippen LogP contribution is -2.39. The number of pyridine rings is 1. The third-order valence-corrected chi connectivity index (χ3v) is 10.4. The van der Waals surface area contributed by atoms with Crippen LogP contribution in [0.3, 0.4) is 0 Å². The Bertz CT molecular complexity index is 1280. The molecule has 2 saturated heterocycles. The van der Waals surface area contributed by atoms with Gasteiger partial charge in [-0.15, -0.1) is 0 Å². The van der Waals surface area contributed by atoms with Crippen LogP contribution < -0.4 is 14.4 Å². The Balaban J connectivity index is 1.27. The lowest BCUT2D eigenvalue weighted by Gasteiger charge is -2.32.